The molecule has 2 heterocycles. The number of ether oxygens (including phenoxy) is 3. The van der Waals surface area contributed by atoms with Gasteiger partial charge in [0.15, 0.2) is 17.3 Å². The number of phenolic OH excluding ortho intramolecular Hbond substituents is 1. The van der Waals surface area contributed by atoms with Crippen LogP contribution in [-0.2, 0) is 6.54 Å². The quantitative estimate of drug-likeness (QED) is 0.714. The smallest absolute Gasteiger partial charge is 0.231 e. The van der Waals surface area contributed by atoms with Crippen molar-refractivity contribution in [2.75, 3.05) is 46.9 Å². The van der Waals surface area contributed by atoms with Gasteiger partial charge in [-0.25, -0.2) is 0 Å². The Morgan fingerprint density at radius 3 is 2.42 bits per heavy atom. The van der Waals surface area contributed by atoms with Crippen LogP contribution in [0.5, 0.6) is 23.0 Å². The lowest BCUT2D eigenvalue weighted by Gasteiger charge is -2.34. The van der Waals surface area contributed by atoms with E-state index in [0.717, 1.165) is 38.3 Å². The summed E-state index contributed by atoms with van der Waals surface area (Å²) in [4.78, 5) is 17.6. The molecule has 2 aliphatic heterocycles. The molecular formula is C24H28N2O5. The van der Waals surface area contributed by atoms with Crippen molar-refractivity contribution in [1.82, 2.24) is 9.80 Å². The number of rotatable bonds is 6. The lowest BCUT2D eigenvalue weighted by atomic mass is 10.0. The Morgan fingerprint density at radius 2 is 1.74 bits per heavy atom. The number of methoxy groups -OCH3 is 2. The monoisotopic (exact) mass is 424 g/mol. The molecule has 2 aromatic rings. The summed E-state index contributed by atoms with van der Waals surface area (Å²) in [6.07, 6.45) is 1.69. The fraction of sp³-hybridized carbons (Fsp3) is 0.375. The highest BCUT2D eigenvalue weighted by atomic mass is 16.5. The van der Waals surface area contributed by atoms with Gasteiger partial charge in [-0.05, 0) is 42.4 Å². The van der Waals surface area contributed by atoms with Gasteiger partial charge in [0.2, 0.25) is 5.78 Å². The molecule has 2 aromatic carbocycles. The van der Waals surface area contributed by atoms with Crippen molar-refractivity contribution in [3.8, 4) is 23.0 Å². The van der Waals surface area contributed by atoms with E-state index in [1.54, 1.807) is 44.6 Å². The third-order valence-electron chi connectivity index (χ3n) is 5.92. The fourth-order valence-corrected chi connectivity index (χ4v) is 4.03. The maximum Gasteiger partial charge on any atom is 0.231 e. The summed E-state index contributed by atoms with van der Waals surface area (Å²) in [5.41, 5.74) is 1.90. The zero-order chi connectivity index (χ0) is 22.0. The van der Waals surface area contributed by atoms with Crippen LogP contribution in [-0.4, -0.2) is 67.6 Å². The van der Waals surface area contributed by atoms with Crippen molar-refractivity contribution in [2.24, 2.45) is 0 Å². The largest absolute Gasteiger partial charge is 0.507 e. The lowest BCUT2D eigenvalue weighted by molar-refractivity contribution is 0.101. The summed E-state index contributed by atoms with van der Waals surface area (Å²) < 4.78 is 16.6. The van der Waals surface area contributed by atoms with Crippen LogP contribution in [0.25, 0.3) is 6.08 Å². The van der Waals surface area contributed by atoms with Crippen LogP contribution >= 0.6 is 0 Å². The standard InChI is InChI=1S/C24H28N2O5/c1-4-25-9-11-26(12-10-25)15-18-19(27)7-6-17-23(28)22(31-24(17)18)14-16-5-8-20(29-2)21(13-16)30-3/h5-8,13-14,27H,4,9-12,15H2,1-3H3/b22-14-. The summed E-state index contributed by atoms with van der Waals surface area (Å²) >= 11 is 0. The van der Waals surface area contributed by atoms with Gasteiger partial charge in [-0.15, -0.1) is 0 Å². The third-order valence-corrected chi connectivity index (χ3v) is 5.92. The van der Waals surface area contributed by atoms with Gasteiger partial charge < -0.3 is 24.2 Å². The van der Waals surface area contributed by atoms with Crippen LogP contribution in [0.4, 0.5) is 0 Å². The van der Waals surface area contributed by atoms with Gasteiger partial charge in [0.25, 0.3) is 0 Å². The second-order valence-electron chi connectivity index (χ2n) is 7.70. The molecule has 1 fully saturated rings. The molecule has 0 bridgehead atoms. The van der Waals surface area contributed by atoms with Gasteiger partial charge in [0.05, 0.1) is 25.3 Å². The first-order valence-electron chi connectivity index (χ1n) is 10.5. The second-order valence-corrected chi connectivity index (χ2v) is 7.70. The first-order chi connectivity index (χ1) is 15.0. The zero-order valence-electron chi connectivity index (χ0n) is 18.2. The number of fused-ring (bicyclic) bond motifs is 1. The molecule has 0 spiro atoms. The fourth-order valence-electron chi connectivity index (χ4n) is 4.03. The molecule has 0 unspecified atom stereocenters. The van der Waals surface area contributed by atoms with Crippen LogP contribution in [0.1, 0.15) is 28.4 Å². The van der Waals surface area contributed by atoms with E-state index in [0.29, 0.717) is 34.9 Å². The highest BCUT2D eigenvalue weighted by Gasteiger charge is 2.32. The molecule has 0 aliphatic carbocycles. The average Bonchev–Trinajstić information content (AvgIpc) is 3.11. The number of allylic oxidation sites excluding steroid dienone is 1. The summed E-state index contributed by atoms with van der Waals surface area (Å²) in [6.45, 7) is 7.58. The predicted octanol–water partition coefficient (Wildman–Crippen LogP) is 3.16. The van der Waals surface area contributed by atoms with E-state index >= 15 is 0 Å². The van der Waals surface area contributed by atoms with Crippen LogP contribution in [0, 0.1) is 0 Å². The molecular weight excluding hydrogens is 396 g/mol. The number of nitrogens with zero attached hydrogens (tertiary/aromatic N) is 2. The Balaban J connectivity index is 1.59. The number of likely N-dealkylation sites (N-methyl/N-ethyl adjacent to an activating group) is 1. The first kappa shape index (κ1) is 21.2. The van der Waals surface area contributed by atoms with Crippen molar-refractivity contribution in [3.05, 3.63) is 52.8 Å². The Hall–Kier alpha value is -3.03. The average molecular weight is 424 g/mol. The van der Waals surface area contributed by atoms with Crippen molar-refractivity contribution >= 4 is 11.9 Å². The van der Waals surface area contributed by atoms with Gasteiger partial charge in [-0.1, -0.05) is 13.0 Å². The molecule has 1 N–H and O–H groups in total. The maximum absolute atomic E-state index is 13.0. The number of benzene rings is 2. The topological polar surface area (TPSA) is 71.5 Å². The second kappa shape index (κ2) is 8.99. The normalized spacial score (nSPS) is 18.2. The highest BCUT2D eigenvalue weighted by molar-refractivity contribution is 6.15. The van der Waals surface area contributed by atoms with Crippen molar-refractivity contribution in [2.45, 2.75) is 13.5 Å². The summed E-state index contributed by atoms with van der Waals surface area (Å²) in [5, 5.41) is 10.5. The van der Waals surface area contributed by atoms with Crippen LogP contribution < -0.4 is 14.2 Å². The van der Waals surface area contributed by atoms with Gasteiger partial charge >= 0.3 is 0 Å². The lowest BCUT2D eigenvalue weighted by Crippen LogP contribution is -2.45. The van der Waals surface area contributed by atoms with Gasteiger partial charge in [0.1, 0.15) is 11.5 Å². The first-order valence-corrected chi connectivity index (χ1v) is 10.5. The number of aromatic hydroxyl groups is 1. The predicted molar refractivity (Wildman–Crippen MR) is 118 cm³/mol. The van der Waals surface area contributed by atoms with E-state index in [-0.39, 0.29) is 17.3 Å². The molecule has 0 amide bonds. The molecule has 31 heavy (non-hydrogen) atoms. The van der Waals surface area contributed by atoms with E-state index in [2.05, 4.69) is 16.7 Å². The Labute approximate surface area is 182 Å². The minimum absolute atomic E-state index is 0.150. The van der Waals surface area contributed by atoms with Gasteiger partial charge in [-0.2, -0.15) is 0 Å². The summed E-state index contributed by atoms with van der Waals surface area (Å²) in [6, 6.07) is 8.61. The number of carbonyl (C=O) groups excluding carboxylic acids is 1. The maximum atomic E-state index is 13.0. The van der Waals surface area contributed by atoms with E-state index in [4.69, 9.17) is 14.2 Å². The number of hydrogen-bond donors (Lipinski definition) is 1. The van der Waals surface area contributed by atoms with Crippen molar-refractivity contribution in [3.63, 3.8) is 0 Å². The molecule has 2 aliphatic rings. The minimum Gasteiger partial charge on any atom is -0.507 e. The van der Waals surface area contributed by atoms with Gasteiger partial charge in [0, 0.05) is 32.7 Å². The van der Waals surface area contributed by atoms with Crippen LogP contribution in [0.15, 0.2) is 36.1 Å². The Kier molecular flexibility index (Phi) is 6.15. The number of piperazine rings is 1. The third kappa shape index (κ3) is 4.24. The number of carbonyl (C=O) groups is 1. The van der Waals surface area contributed by atoms with Crippen LogP contribution in [0.2, 0.25) is 0 Å². The van der Waals surface area contributed by atoms with Gasteiger partial charge in [-0.3, -0.25) is 9.69 Å². The molecule has 0 radical (unpaired) electrons. The van der Waals surface area contributed by atoms with Crippen molar-refractivity contribution < 1.29 is 24.1 Å². The molecule has 4 rings (SSSR count). The number of Topliss-reactive ketones (excluding diaryl/α,β-unsaturated/α-hetero) is 1. The molecule has 0 atom stereocenters. The molecule has 7 heteroatoms. The molecule has 7 nitrogen and oxygen atoms in total. The van der Waals surface area contributed by atoms with E-state index in [1.807, 2.05) is 6.07 Å². The van der Waals surface area contributed by atoms with E-state index < -0.39 is 0 Å². The van der Waals surface area contributed by atoms with Crippen molar-refractivity contribution in [1.29, 1.82) is 0 Å². The summed E-state index contributed by atoms with van der Waals surface area (Å²) in [5.74, 6) is 1.82. The molecule has 0 saturated carbocycles. The number of ketones is 1. The SMILES string of the molecule is CCN1CCN(Cc2c(O)ccc3c2O/C(=C\c2ccc(OC)c(OC)c2)C3=O)CC1. The molecule has 164 valence electrons. The Morgan fingerprint density at radius 1 is 1.03 bits per heavy atom. The number of hydrogen-bond acceptors (Lipinski definition) is 7. The van der Waals surface area contributed by atoms with E-state index in [9.17, 15) is 9.90 Å². The highest BCUT2D eigenvalue weighted by Crippen LogP contribution is 2.40. The van der Waals surface area contributed by atoms with Crippen LogP contribution in [0.3, 0.4) is 0 Å². The van der Waals surface area contributed by atoms with E-state index in [1.165, 1.54) is 0 Å². The molecule has 0 aromatic heterocycles. The zero-order valence-corrected chi connectivity index (χ0v) is 18.2. The summed E-state index contributed by atoms with van der Waals surface area (Å²) in [7, 11) is 3.14. The minimum atomic E-state index is -0.193. The Bertz CT molecular complexity index is 1010. The number of phenols is 1. The molecule has 1 saturated heterocycles.